The minimum atomic E-state index is -0.331. The minimum Gasteiger partial charge on any atom is -0.469 e. The number of imide groups is 1. The van der Waals surface area contributed by atoms with E-state index < -0.39 is 0 Å². The van der Waals surface area contributed by atoms with Crippen LogP contribution in [0.5, 0.6) is 0 Å². The van der Waals surface area contributed by atoms with Crippen molar-refractivity contribution < 1.29 is 23.9 Å². The summed E-state index contributed by atoms with van der Waals surface area (Å²) >= 11 is 0. The Kier molecular flexibility index (Phi) is 5.30. The van der Waals surface area contributed by atoms with Crippen molar-refractivity contribution in [2.75, 3.05) is 13.7 Å². The molecule has 1 aliphatic carbocycles. The number of aryl methyl sites for hydroxylation is 1. The second kappa shape index (κ2) is 7.50. The van der Waals surface area contributed by atoms with E-state index >= 15 is 0 Å². The van der Waals surface area contributed by atoms with Crippen LogP contribution in [0.25, 0.3) is 0 Å². The van der Waals surface area contributed by atoms with Crippen molar-refractivity contribution in [1.29, 1.82) is 0 Å². The molecule has 1 saturated heterocycles. The lowest BCUT2D eigenvalue weighted by atomic mass is 9.85. The maximum Gasteiger partial charge on any atom is 0.307 e. The van der Waals surface area contributed by atoms with Crippen LogP contribution in [-0.4, -0.2) is 46.7 Å². The Balaban J connectivity index is 1.74. The van der Waals surface area contributed by atoms with Crippen LogP contribution in [0.4, 0.5) is 0 Å². The van der Waals surface area contributed by atoms with Gasteiger partial charge >= 0.3 is 5.97 Å². The third kappa shape index (κ3) is 3.46. The van der Waals surface area contributed by atoms with Crippen LogP contribution in [-0.2, 0) is 25.7 Å². The fourth-order valence-electron chi connectivity index (χ4n) is 3.99. The Morgan fingerprint density at radius 3 is 2.26 bits per heavy atom. The number of rotatable bonds is 6. The van der Waals surface area contributed by atoms with Gasteiger partial charge in [-0.05, 0) is 32.8 Å². The van der Waals surface area contributed by atoms with Crippen LogP contribution < -0.4 is 0 Å². The number of hydrogen-bond donors (Lipinski definition) is 0. The summed E-state index contributed by atoms with van der Waals surface area (Å²) in [5.74, 6) is -1.74. The first-order chi connectivity index (χ1) is 12.8. The zero-order chi connectivity index (χ0) is 19.7. The second-order valence-electron chi connectivity index (χ2n) is 7.10. The smallest absolute Gasteiger partial charge is 0.307 e. The summed E-state index contributed by atoms with van der Waals surface area (Å²) in [5, 5.41) is 0. The summed E-state index contributed by atoms with van der Waals surface area (Å²) in [4.78, 5) is 50.4. The molecule has 1 aromatic rings. The first-order valence-electron chi connectivity index (χ1n) is 9.12. The van der Waals surface area contributed by atoms with Crippen molar-refractivity contribution in [3.05, 3.63) is 35.2 Å². The monoisotopic (exact) mass is 372 g/mol. The quantitative estimate of drug-likeness (QED) is 0.329. The molecule has 7 nitrogen and oxygen atoms in total. The molecule has 0 spiro atoms. The van der Waals surface area contributed by atoms with Gasteiger partial charge in [-0.25, -0.2) is 0 Å². The van der Waals surface area contributed by atoms with Crippen molar-refractivity contribution in [3.63, 3.8) is 0 Å². The molecule has 2 aliphatic rings. The Hall–Kier alpha value is -2.70. The molecule has 2 heterocycles. The highest BCUT2D eigenvalue weighted by Gasteiger charge is 2.47. The summed E-state index contributed by atoms with van der Waals surface area (Å²) in [6, 6.07) is 1.74. The number of fused-ring (bicyclic) bond motifs is 1. The highest BCUT2D eigenvalue weighted by atomic mass is 16.5. The minimum absolute atomic E-state index is 0.208. The maximum absolute atomic E-state index is 12.8. The number of amides is 2. The normalized spacial score (nSPS) is 21.5. The van der Waals surface area contributed by atoms with E-state index in [4.69, 9.17) is 0 Å². The number of allylic oxidation sites excluding steroid dienone is 2. The lowest BCUT2D eigenvalue weighted by Gasteiger charge is -2.14. The molecule has 27 heavy (non-hydrogen) atoms. The van der Waals surface area contributed by atoms with Crippen molar-refractivity contribution in [2.45, 2.75) is 39.7 Å². The molecule has 3 rings (SSSR count). The van der Waals surface area contributed by atoms with E-state index in [1.54, 1.807) is 13.0 Å². The zero-order valence-electron chi connectivity index (χ0n) is 15.9. The second-order valence-corrected chi connectivity index (χ2v) is 7.10. The molecule has 0 bridgehead atoms. The average molecular weight is 372 g/mol. The molecular weight excluding hydrogens is 348 g/mol. The molecule has 2 atom stereocenters. The molecule has 7 heteroatoms. The highest BCUT2D eigenvalue weighted by Crippen LogP contribution is 2.35. The van der Waals surface area contributed by atoms with Crippen LogP contribution >= 0.6 is 0 Å². The van der Waals surface area contributed by atoms with Crippen molar-refractivity contribution >= 4 is 23.6 Å². The number of esters is 1. The molecule has 0 radical (unpaired) electrons. The number of hydrogen-bond acceptors (Lipinski definition) is 5. The number of carbonyl (C=O) groups excluding carboxylic acids is 4. The first kappa shape index (κ1) is 19.1. The summed E-state index contributed by atoms with van der Waals surface area (Å²) in [6.45, 7) is 3.84. The molecule has 0 saturated carbocycles. The van der Waals surface area contributed by atoms with Gasteiger partial charge in [0.15, 0.2) is 5.78 Å². The Labute approximate surface area is 158 Å². The number of ether oxygens (including phenoxy) is 1. The topological polar surface area (TPSA) is 85.7 Å². The summed E-state index contributed by atoms with van der Waals surface area (Å²) < 4.78 is 6.54. The number of aromatic nitrogens is 1. The number of Topliss-reactive ketones (excluding diaryl/α,β-unsaturated/α-hetero) is 1. The lowest BCUT2D eigenvalue weighted by Crippen LogP contribution is -2.36. The Morgan fingerprint density at radius 2 is 1.70 bits per heavy atom. The van der Waals surface area contributed by atoms with Crippen molar-refractivity contribution in [2.24, 2.45) is 11.8 Å². The molecule has 1 aromatic heterocycles. The van der Waals surface area contributed by atoms with E-state index in [0.29, 0.717) is 24.9 Å². The van der Waals surface area contributed by atoms with Gasteiger partial charge in [0.25, 0.3) is 0 Å². The molecule has 144 valence electrons. The van der Waals surface area contributed by atoms with Crippen molar-refractivity contribution in [1.82, 2.24) is 9.47 Å². The van der Waals surface area contributed by atoms with E-state index in [1.165, 1.54) is 7.11 Å². The van der Waals surface area contributed by atoms with Gasteiger partial charge in [0.1, 0.15) is 0 Å². The number of nitrogens with zero attached hydrogens (tertiary/aromatic N) is 2. The van der Waals surface area contributed by atoms with E-state index in [2.05, 4.69) is 4.74 Å². The van der Waals surface area contributed by atoms with Crippen LogP contribution in [0.1, 0.15) is 41.0 Å². The first-order valence-corrected chi connectivity index (χ1v) is 9.12. The molecule has 0 aromatic carbocycles. The molecular formula is C20H24N2O5. The van der Waals surface area contributed by atoms with Crippen LogP contribution in [0.2, 0.25) is 0 Å². The number of ketones is 1. The zero-order valence-corrected chi connectivity index (χ0v) is 15.9. The number of carbonyl (C=O) groups is 4. The van der Waals surface area contributed by atoms with Gasteiger partial charge in [-0.15, -0.1) is 0 Å². The van der Waals surface area contributed by atoms with Gasteiger partial charge in [0, 0.05) is 23.5 Å². The van der Waals surface area contributed by atoms with Gasteiger partial charge in [-0.1, -0.05) is 12.2 Å². The predicted octanol–water partition coefficient (Wildman–Crippen LogP) is 1.80. The fraction of sp³-hybridized carbons (Fsp3) is 0.500. The molecule has 0 unspecified atom stereocenters. The summed E-state index contributed by atoms with van der Waals surface area (Å²) in [5.41, 5.74) is 2.04. The Bertz CT molecular complexity index is 810. The third-order valence-corrected chi connectivity index (χ3v) is 5.54. The molecule has 1 aliphatic heterocycles. The SMILES string of the molecule is COC(=O)CCn1c(C)cc(C(=O)CN2C(=O)[C@H]3CC=CC[C@H]3C2=O)c1C. The van der Waals surface area contributed by atoms with E-state index in [1.807, 2.05) is 23.6 Å². The molecule has 2 amide bonds. The largest absolute Gasteiger partial charge is 0.469 e. The van der Waals surface area contributed by atoms with E-state index in [0.717, 1.165) is 16.3 Å². The third-order valence-electron chi connectivity index (χ3n) is 5.54. The lowest BCUT2D eigenvalue weighted by molar-refractivity contribution is -0.141. The number of likely N-dealkylation sites (tertiary alicyclic amines) is 1. The highest BCUT2D eigenvalue weighted by molar-refractivity contribution is 6.10. The van der Waals surface area contributed by atoms with Gasteiger partial charge < -0.3 is 9.30 Å². The van der Waals surface area contributed by atoms with Gasteiger partial charge in [0.2, 0.25) is 11.8 Å². The van der Waals surface area contributed by atoms with Crippen LogP contribution in [0.15, 0.2) is 18.2 Å². The van der Waals surface area contributed by atoms with E-state index in [9.17, 15) is 19.2 Å². The standard InChI is InChI=1S/C20H24N2O5/c1-12-10-16(13(2)21(12)9-8-18(24)27-3)17(23)11-22-19(25)14-6-4-5-7-15(14)20(22)26/h4-5,10,14-15H,6-9,11H2,1-3H3/t14-,15+. The maximum atomic E-state index is 12.8. The number of methoxy groups -OCH3 is 1. The predicted molar refractivity (Wildman–Crippen MR) is 96.9 cm³/mol. The van der Waals surface area contributed by atoms with Gasteiger partial charge in [0.05, 0.1) is 31.9 Å². The summed E-state index contributed by atoms with van der Waals surface area (Å²) in [6.07, 6.45) is 5.17. The van der Waals surface area contributed by atoms with Crippen LogP contribution in [0, 0.1) is 25.7 Å². The van der Waals surface area contributed by atoms with Gasteiger partial charge in [-0.3, -0.25) is 24.1 Å². The molecule has 0 N–H and O–H groups in total. The summed E-state index contributed by atoms with van der Waals surface area (Å²) in [7, 11) is 1.34. The fourth-order valence-corrected chi connectivity index (χ4v) is 3.99. The van der Waals surface area contributed by atoms with Crippen molar-refractivity contribution in [3.8, 4) is 0 Å². The average Bonchev–Trinajstić information content (AvgIpc) is 3.08. The van der Waals surface area contributed by atoms with Crippen LogP contribution in [0.3, 0.4) is 0 Å². The van der Waals surface area contributed by atoms with E-state index in [-0.39, 0.29) is 48.4 Å². The molecule has 1 fully saturated rings. The van der Waals surface area contributed by atoms with Gasteiger partial charge in [-0.2, -0.15) is 0 Å². The Morgan fingerprint density at radius 1 is 1.11 bits per heavy atom.